The van der Waals surface area contributed by atoms with Gasteiger partial charge in [-0.25, -0.2) is 9.97 Å². The van der Waals surface area contributed by atoms with Crippen molar-refractivity contribution in [1.29, 1.82) is 0 Å². The molecule has 1 aromatic carbocycles. The second-order valence-corrected chi connectivity index (χ2v) is 8.74. The highest BCUT2D eigenvalue weighted by Crippen LogP contribution is 2.45. The highest BCUT2D eigenvalue weighted by atomic mass is 32.1. The Morgan fingerprint density at radius 1 is 1.09 bits per heavy atom. The number of nitrogens with one attached hydrogen (secondary N) is 1. The van der Waals surface area contributed by atoms with Gasteiger partial charge in [0.05, 0.1) is 30.4 Å². The molecule has 0 unspecified atom stereocenters. The number of benzene rings is 1. The number of methoxy groups -OCH3 is 1. The fourth-order valence-corrected chi connectivity index (χ4v) is 5.06. The van der Waals surface area contributed by atoms with Crippen LogP contribution in [0.2, 0.25) is 0 Å². The van der Waals surface area contributed by atoms with Crippen LogP contribution < -0.4 is 19.7 Å². The molecule has 5 rings (SSSR count). The summed E-state index contributed by atoms with van der Waals surface area (Å²) in [6.07, 6.45) is -4.59. The Morgan fingerprint density at radius 3 is 2.47 bits per heavy atom. The molecule has 0 amide bonds. The minimum absolute atomic E-state index is 0.0236. The number of hydrogen-bond acceptors (Lipinski definition) is 8. The smallest absolute Gasteiger partial charge is 0.417 e. The van der Waals surface area contributed by atoms with Crippen LogP contribution in [0, 0.1) is 0 Å². The Morgan fingerprint density at radius 2 is 1.82 bits per heavy atom. The number of thiophene rings is 1. The predicted molar refractivity (Wildman–Crippen MR) is 126 cm³/mol. The molecule has 0 spiro atoms. The fourth-order valence-electron chi connectivity index (χ4n) is 3.98. The minimum atomic E-state index is -4.59. The van der Waals surface area contributed by atoms with Gasteiger partial charge in [-0.1, -0.05) is 0 Å². The monoisotopic (exact) mass is 489 g/mol. The van der Waals surface area contributed by atoms with Crippen LogP contribution in [0.25, 0.3) is 31.7 Å². The van der Waals surface area contributed by atoms with Crippen LogP contribution in [-0.4, -0.2) is 54.8 Å². The minimum Gasteiger partial charge on any atom is -0.497 e. The summed E-state index contributed by atoms with van der Waals surface area (Å²) < 4.78 is 54.3. The zero-order chi connectivity index (χ0) is 23.9. The zero-order valence-corrected chi connectivity index (χ0v) is 19.4. The van der Waals surface area contributed by atoms with Crippen molar-refractivity contribution in [2.24, 2.45) is 0 Å². The van der Waals surface area contributed by atoms with Gasteiger partial charge in [-0.2, -0.15) is 18.2 Å². The molecule has 0 atom stereocenters. The zero-order valence-electron chi connectivity index (χ0n) is 18.6. The van der Waals surface area contributed by atoms with E-state index >= 15 is 0 Å². The summed E-state index contributed by atoms with van der Waals surface area (Å²) in [5, 5.41) is 3.23. The van der Waals surface area contributed by atoms with Crippen molar-refractivity contribution in [2.45, 2.75) is 13.1 Å². The normalized spacial score (nSPS) is 14.7. The van der Waals surface area contributed by atoms with E-state index in [-0.39, 0.29) is 27.3 Å². The third-order valence-corrected chi connectivity index (χ3v) is 6.68. The van der Waals surface area contributed by atoms with Crippen LogP contribution >= 0.6 is 11.3 Å². The molecule has 34 heavy (non-hydrogen) atoms. The van der Waals surface area contributed by atoms with Gasteiger partial charge in [0.1, 0.15) is 20.8 Å². The predicted octanol–water partition coefficient (Wildman–Crippen LogP) is 4.74. The molecule has 0 aliphatic carbocycles. The number of ether oxygens (including phenoxy) is 2. The first-order valence-electron chi connectivity index (χ1n) is 10.8. The second kappa shape index (κ2) is 8.88. The van der Waals surface area contributed by atoms with E-state index in [1.807, 2.05) is 11.8 Å². The molecule has 4 aromatic rings. The molecule has 0 radical (unpaired) electrons. The Balaban J connectivity index is 1.76. The summed E-state index contributed by atoms with van der Waals surface area (Å²) in [4.78, 5) is 15.9. The number of rotatable bonds is 5. The molecule has 7 nitrogen and oxygen atoms in total. The molecule has 3 aromatic heterocycles. The number of halogens is 3. The van der Waals surface area contributed by atoms with Gasteiger partial charge in [0, 0.05) is 31.7 Å². The van der Waals surface area contributed by atoms with E-state index < -0.39 is 11.7 Å². The number of piperazine rings is 1. The third-order valence-electron chi connectivity index (χ3n) is 5.62. The van der Waals surface area contributed by atoms with Crippen LogP contribution in [0.4, 0.5) is 19.1 Å². The summed E-state index contributed by atoms with van der Waals surface area (Å²) in [5.41, 5.74) is 0.223. The van der Waals surface area contributed by atoms with Gasteiger partial charge in [0.15, 0.2) is 0 Å². The highest BCUT2D eigenvalue weighted by Gasteiger charge is 2.36. The SMILES string of the molecule is CCOc1nc(N2CCNCC2)nc2c1sc1nc(-c3ccc(OC)cc3)cc(C(F)(F)F)c12. The molecule has 0 saturated carbocycles. The summed E-state index contributed by atoms with van der Waals surface area (Å²) in [7, 11) is 1.53. The van der Waals surface area contributed by atoms with Crippen molar-refractivity contribution in [3.63, 3.8) is 0 Å². The molecule has 1 fully saturated rings. The topological polar surface area (TPSA) is 72.4 Å². The maximum Gasteiger partial charge on any atom is 0.417 e. The Kier molecular flexibility index (Phi) is 5.90. The number of fused-ring (bicyclic) bond motifs is 3. The highest BCUT2D eigenvalue weighted by molar-refractivity contribution is 7.25. The summed E-state index contributed by atoms with van der Waals surface area (Å²) >= 11 is 1.11. The molecule has 1 saturated heterocycles. The van der Waals surface area contributed by atoms with Crippen LogP contribution in [0.3, 0.4) is 0 Å². The molecular formula is C23H22F3N5O2S. The van der Waals surface area contributed by atoms with Crippen molar-refractivity contribution in [3.8, 4) is 22.9 Å². The molecule has 11 heteroatoms. The number of hydrogen-bond donors (Lipinski definition) is 1. The lowest BCUT2D eigenvalue weighted by Gasteiger charge is -2.27. The van der Waals surface area contributed by atoms with Gasteiger partial charge in [0.25, 0.3) is 0 Å². The molecule has 1 aliphatic heterocycles. The second-order valence-electron chi connectivity index (χ2n) is 7.74. The van der Waals surface area contributed by atoms with E-state index in [9.17, 15) is 13.2 Å². The maximum atomic E-state index is 14.3. The van der Waals surface area contributed by atoms with Crippen molar-refractivity contribution < 1.29 is 22.6 Å². The summed E-state index contributed by atoms with van der Waals surface area (Å²) in [6.45, 7) is 4.95. The molecule has 4 heterocycles. The van der Waals surface area contributed by atoms with E-state index in [4.69, 9.17) is 9.47 Å². The Hall–Kier alpha value is -3.18. The van der Waals surface area contributed by atoms with Crippen LogP contribution in [0.15, 0.2) is 30.3 Å². The molecule has 1 aliphatic rings. The van der Waals surface area contributed by atoms with E-state index in [0.717, 1.165) is 30.5 Å². The average Bonchev–Trinajstić information content (AvgIpc) is 3.22. The lowest BCUT2D eigenvalue weighted by atomic mass is 10.1. The van der Waals surface area contributed by atoms with E-state index in [1.165, 1.54) is 7.11 Å². The molecular weight excluding hydrogens is 467 g/mol. The van der Waals surface area contributed by atoms with Crippen molar-refractivity contribution in [3.05, 3.63) is 35.9 Å². The average molecular weight is 490 g/mol. The van der Waals surface area contributed by atoms with Crippen LogP contribution in [-0.2, 0) is 6.18 Å². The van der Waals surface area contributed by atoms with Crippen LogP contribution in [0.1, 0.15) is 12.5 Å². The molecule has 1 N–H and O–H groups in total. The van der Waals surface area contributed by atoms with Gasteiger partial charge < -0.3 is 19.7 Å². The Labute approximate surface area is 197 Å². The van der Waals surface area contributed by atoms with Gasteiger partial charge >= 0.3 is 6.18 Å². The van der Waals surface area contributed by atoms with Crippen molar-refractivity contribution in [1.82, 2.24) is 20.3 Å². The van der Waals surface area contributed by atoms with Crippen LogP contribution in [0.5, 0.6) is 11.6 Å². The first-order valence-corrected chi connectivity index (χ1v) is 11.7. The van der Waals surface area contributed by atoms with Gasteiger partial charge in [-0.3, -0.25) is 0 Å². The first-order chi connectivity index (χ1) is 16.4. The fraction of sp³-hybridized carbons (Fsp3) is 0.348. The summed E-state index contributed by atoms with van der Waals surface area (Å²) in [6, 6.07) is 7.85. The number of anilines is 1. The van der Waals surface area contributed by atoms with Gasteiger partial charge in [-0.05, 0) is 37.3 Å². The maximum absolute atomic E-state index is 14.3. The third kappa shape index (κ3) is 4.09. The van der Waals surface area contributed by atoms with E-state index in [1.54, 1.807) is 24.3 Å². The number of aromatic nitrogens is 3. The Bertz CT molecular complexity index is 1330. The summed E-state index contributed by atoms with van der Waals surface area (Å²) in [5.74, 6) is 1.26. The van der Waals surface area contributed by atoms with Gasteiger partial charge in [-0.15, -0.1) is 11.3 Å². The molecule has 178 valence electrons. The van der Waals surface area contributed by atoms with E-state index in [2.05, 4.69) is 20.3 Å². The largest absolute Gasteiger partial charge is 0.497 e. The quantitative estimate of drug-likeness (QED) is 0.434. The van der Waals surface area contributed by atoms with Crippen molar-refractivity contribution >= 4 is 37.7 Å². The number of pyridine rings is 1. The van der Waals surface area contributed by atoms with Crippen molar-refractivity contribution in [2.75, 3.05) is 44.8 Å². The standard InChI is InChI=1S/C23H22F3N5O2S/c1-3-33-20-19-18(29-22(30-20)31-10-8-27-9-11-31)17-15(23(24,25)26)12-16(28-21(17)34-19)13-4-6-14(32-2)7-5-13/h4-7,12,27H,3,8-11H2,1-2H3. The number of alkyl halides is 3. The lowest BCUT2D eigenvalue weighted by molar-refractivity contribution is -0.136. The lowest BCUT2D eigenvalue weighted by Crippen LogP contribution is -2.44. The number of nitrogens with zero attached hydrogens (tertiary/aromatic N) is 4. The van der Waals surface area contributed by atoms with E-state index in [0.29, 0.717) is 41.7 Å². The van der Waals surface area contributed by atoms with Gasteiger partial charge in [0.2, 0.25) is 11.8 Å². The first kappa shape index (κ1) is 22.6. The molecule has 0 bridgehead atoms.